The molecule has 128 valence electrons. The molecule has 1 aliphatic rings. The predicted octanol–water partition coefficient (Wildman–Crippen LogP) is 1.30. The molecule has 0 bridgehead atoms. The van der Waals surface area contributed by atoms with Crippen LogP contribution in [0.5, 0.6) is 0 Å². The summed E-state index contributed by atoms with van der Waals surface area (Å²) in [6.45, 7) is 6.27. The number of fused-ring (bicyclic) bond motifs is 5. The average Bonchev–Trinajstić information content (AvgIpc) is 3.18. The van der Waals surface area contributed by atoms with Gasteiger partial charge in [-0.15, -0.1) is 11.3 Å². The van der Waals surface area contributed by atoms with Crippen molar-refractivity contribution in [2.45, 2.75) is 32.7 Å². The van der Waals surface area contributed by atoms with Crippen molar-refractivity contribution in [3.05, 3.63) is 10.4 Å². The van der Waals surface area contributed by atoms with Gasteiger partial charge in [0.1, 0.15) is 10.6 Å². The minimum atomic E-state index is 0.165. The molecule has 2 N–H and O–H groups in total. The third-order valence-corrected chi connectivity index (χ3v) is 5.57. The first-order valence-electron chi connectivity index (χ1n) is 8.41. The molecule has 0 amide bonds. The molecular formula is C15H21N7OS. The number of hydrogen-bond donors (Lipinski definition) is 2. The van der Waals surface area contributed by atoms with Crippen LogP contribution in [0.1, 0.15) is 30.2 Å². The maximum atomic E-state index is 9.03. The molecule has 3 aromatic rings. The largest absolute Gasteiger partial charge is 0.396 e. The number of anilines is 1. The monoisotopic (exact) mass is 347 g/mol. The highest BCUT2D eigenvalue weighted by molar-refractivity contribution is 7.19. The molecule has 0 aliphatic carbocycles. The molecular weight excluding hydrogens is 326 g/mol. The van der Waals surface area contributed by atoms with Gasteiger partial charge in [0.25, 0.3) is 5.78 Å². The van der Waals surface area contributed by atoms with Gasteiger partial charge >= 0.3 is 0 Å². The normalized spacial score (nSPS) is 15.2. The van der Waals surface area contributed by atoms with Gasteiger partial charge < -0.3 is 10.4 Å². The van der Waals surface area contributed by atoms with Crippen LogP contribution >= 0.6 is 11.3 Å². The van der Waals surface area contributed by atoms with Crippen molar-refractivity contribution in [3.8, 4) is 0 Å². The van der Waals surface area contributed by atoms with Crippen LogP contribution in [0.3, 0.4) is 0 Å². The molecule has 0 radical (unpaired) electrons. The number of rotatable bonds is 6. The molecule has 1 aliphatic heterocycles. The smallest absolute Gasteiger partial charge is 0.276 e. The lowest BCUT2D eigenvalue weighted by Crippen LogP contribution is -2.30. The van der Waals surface area contributed by atoms with Crippen LogP contribution in [0.2, 0.25) is 0 Å². The summed E-state index contributed by atoms with van der Waals surface area (Å²) in [7, 11) is 0. The minimum absolute atomic E-state index is 0.165. The van der Waals surface area contributed by atoms with Crippen molar-refractivity contribution < 1.29 is 5.11 Å². The second-order valence-electron chi connectivity index (χ2n) is 6.07. The van der Waals surface area contributed by atoms with E-state index >= 15 is 0 Å². The summed E-state index contributed by atoms with van der Waals surface area (Å²) in [6, 6.07) is 0. The first-order chi connectivity index (χ1) is 11.8. The quantitative estimate of drug-likeness (QED) is 0.649. The van der Waals surface area contributed by atoms with Gasteiger partial charge in [0.2, 0.25) is 0 Å². The van der Waals surface area contributed by atoms with Gasteiger partial charge in [-0.2, -0.15) is 9.50 Å². The molecule has 0 atom stereocenters. The lowest BCUT2D eigenvalue weighted by atomic mass is 10.0. The fraction of sp³-hybridized carbons (Fsp3) is 0.600. The van der Waals surface area contributed by atoms with Crippen LogP contribution in [0.25, 0.3) is 16.0 Å². The van der Waals surface area contributed by atoms with Crippen LogP contribution in [-0.4, -0.2) is 61.3 Å². The lowest BCUT2D eigenvalue weighted by Gasteiger charge is -2.26. The second-order valence-corrected chi connectivity index (χ2v) is 7.15. The van der Waals surface area contributed by atoms with Gasteiger partial charge in [-0.1, -0.05) is 12.0 Å². The number of aliphatic hydroxyl groups excluding tert-OH is 1. The van der Waals surface area contributed by atoms with Gasteiger partial charge in [0, 0.05) is 31.1 Å². The molecule has 4 rings (SSSR count). The third kappa shape index (κ3) is 2.62. The van der Waals surface area contributed by atoms with Crippen molar-refractivity contribution in [2.75, 3.05) is 31.6 Å². The van der Waals surface area contributed by atoms with Gasteiger partial charge in [-0.25, -0.2) is 0 Å². The summed E-state index contributed by atoms with van der Waals surface area (Å²) < 4.78 is 1.74. The lowest BCUT2D eigenvalue weighted by molar-refractivity contribution is 0.258. The highest BCUT2D eigenvalue weighted by atomic mass is 32.1. The van der Waals surface area contributed by atoms with Crippen LogP contribution < -0.4 is 5.32 Å². The Balaban J connectivity index is 1.82. The van der Waals surface area contributed by atoms with E-state index in [2.05, 4.69) is 37.6 Å². The van der Waals surface area contributed by atoms with Crippen LogP contribution in [0.4, 0.5) is 5.82 Å². The van der Waals surface area contributed by atoms with E-state index < -0.39 is 0 Å². The molecule has 8 nitrogen and oxygen atoms in total. The first kappa shape index (κ1) is 15.7. The van der Waals surface area contributed by atoms with Gasteiger partial charge in [0.15, 0.2) is 0 Å². The molecule has 0 fully saturated rings. The number of tetrazole rings is 1. The number of aliphatic hydroxyl groups is 1. The van der Waals surface area contributed by atoms with E-state index in [0.29, 0.717) is 18.7 Å². The van der Waals surface area contributed by atoms with Crippen molar-refractivity contribution in [1.82, 2.24) is 29.9 Å². The zero-order valence-electron chi connectivity index (χ0n) is 13.7. The number of aromatic nitrogens is 5. The molecule has 0 unspecified atom stereocenters. The summed E-state index contributed by atoms with van der Waals surface area (Å²) in [4.78, 5) is 9.54. The van der Waals surface area contributed by atoms with E-state index in [9.17, 15) is 0 Å². The van der Waals surface area contributed by atoms with E-state index in [0.717, 1.165) is 42.1 Å². The maximum Gasteiger partial charge on any atom is 0.276 e. The number of thiophene rings is 1. The van der Waals surface area contributed by atoms with Gasteiger partial charge in [0.05, 0.1) is 5.39 Å². The van der Waals surface area contributed by atoms with Crippen molar-refractivity contribution >= 4 is 33.1 Å². The summed E-state index contributed by atoms with van der Waals surface area (Å²) >= 11 is 1.77. The van der Waals surface area contributed by atoms with E-state index in [1.54, 1.807) is 15.9 Å². The SMILES string of the molecule is CCCN1CCc2c(sc3c2c(NCCCO)nc2nnnn23)C1. The molecule has 24 heavy (non-hydrogen) atoms. The molecule has 0 aromatic carbocycles. The molecule has 9 heteroatoms. The Hall–Kier alpha value is -1.84. The van der Waals surface area contributed by atoms with Crippen molar-refractivity contribution in [3.63, 3.8) is 0 Å². The third-order valence-electron chi connectivity index (χ3n) is 4.38. The number of nitrogens with one attached hydrogen (secondary N) is 1. The molecule has 4 heterocycles. The predicted molar refractivity (Wildman–Crippen MR) is 93.4 cm³/mol. The van der Waals surface area contributed by atoms with Crippen LogP contribution in [0.15, 0.2) is 0 Å². The molecule has 0 saturated heterocycles. The minimum Gasteiger partial charge on any atom is -0.396 e. The van der Waals surface area contributed by atoms with Crippen LogP contribution in [0, 0.1) is 0 Å². The van der Waals surface area contributed by atoms with Crippen molar-refractivity contribution in [1.29, 1.82) is 0 Å². The maximum absolute atomic E-state index is 9.03. The van der Waals surface area contributed by atoms with E-state index in [1.165, 1.54) is 16.9 Å². The zero-order valence-corrected chi connectivity index (χ0v) is 14.5. The van der Waals surface area contributed by atoms with Gasteiger partial charge in [-0.3, -0.25) is 4.90 Å². The van der Waals surface area contributed by atoms with Gasteiger partial charge in [-0.05, 0) is 41.8 Å². The fourth-order valence-corrected chi connectivity index (χ4v) is 4.63. The Morgan fingerprint density at radius 3 is 3.12 bits per heavy atom. The first-order valence-corrected chi connectivity index (χ1v) is 9.23. The zero-order chi connectivity index (χ0) is 16.5. The standard InChI is InChI=1S/C15H21N7OS/c1-2-6-21-7-4-10-11(9-21)24-14-12(10)13(16-5-3-8-23)17-15-18-19-20-22(14)15/h23H,2-9H2,1H3,(H,16,17,18,20). The van der Waals surface area contributed by atoms with E-state index in [-0.39, 0.29) is 6.61 Å². The Labute approximate surface area is 143 Å². The summed E-state index contributed by atoms with van der Waals surface area (Å²) in [5.74, 6) is 1.35. The fourth-order valence-electron chi connectivity index (χ4n) is 3.30. The summed E-state index contributed by atoms with van der Waals surface area (Å²) in [6.07, 6.45) is 2.89. The topological polar surface area (TPSA) is 91.5 Å². The molecule has 0 saturated carbocycles. The van der Waals surface area contributed by atoms with E-state index in [1.807, 2.05) is 0 Å². The Morgan fingerprint density at radius 2 is 2.29 bits per heavy atom. The highest BCUT2D eigenvalue weighted by Gasteiger charge is 2.25. The Morgan fingerprint density at radius 1 is 1.38 bits per heavy atom. The van der Waals surface area contributed by atoms with Crippen LogP contribution in [-0.2, 0) is 13.0 Å². The molecule has 3 aromatic heterocycles. The summed E-state index contributed by atoms with van der Waals surface area (Å²) in [5, 5.41) is 25.4. The number of nitrogens with zero attached hydrogens (tertiary/aromatic N) is 6. The molecule has 0 spiro atoms. The number of hydrogen-bond acceptors (Lipinski definition) is 8. The Kier molecular flexibility index (Phi) is 4.30. The average molecular weight is 347 g/mol. The highest BCUT2D eigenvalue weighted by Crippen LogP contribution is 2.38. The Bertz CT molecular complexity index is 858. The van der Waals surface area contributed by atoms with E-state index in [4.69, 9.17) is 5.11 Å². The second kappa shape index (κ2) is 6.58. The van der Waals surface area contributed by atoms with Crippen molar-refractivity contribution in [2.24, 2.45) is 0 Å². The summed E-state index contributed by atoms with van der Waals surface area (Å²) in [5.41, 5.74) is 1.37.